The lowest BCUT2D eigenvalue weighted by Crippen LogP contribution is -2.45. The summed E-state index contributed by atoms with van der Waals surface area (Å²) in [6.07, 6.45) is 2.26. The topological polar surface area (TPSA) is 67.1 Å². The van der Waals surface area contributed by atoms with Crippen LogP contribution in [0.4, 0.5) is 0 Å². The largest absolute Gasteiger partial charge is 0.481 e. The van der Waals surface area contributed by atoms with Gasteiger partial charge in [-0.15, -0.1) is 0 Å². The Kier molecular flexibility index (Phi) is 4.13. The number of hydrogen-bond donors (Lipinski definition) is 1. The summed E-state index contributed by atoms with van der Waals surface area (Å²) < 4.78 is 7.75. The number of nitrogens with zero attached hydrogens (tertiary/aromatic N) is 3. The van der Waals surface area contributed by atoms with Gasteiger partial charge >= 0.3 is 5.97 Å². The van der Waals surface area contributed by atoms with Crippen LogP contribution in [0.3, 0.4) is 0 Å². The molecule has 0 spiro atoms. The highest BCUT2D eigenvalue weighted by molar-refractivity contribution is 5.70. The van der Waals surface area contributed by atoms with Crippen LogP contribution in [-0.4, -0.2) is 50.7 Å². The van der Waals surface area contributed by atoms with E-state index in [9.17, 15) is 4.79 Å². The van der Waals surface area contributed by atoms with E-state index in [1.54, 1.807) is 0 Å². The SMILES string of the molecule is CC1CN(Cc2c(CC(=O)O)nc3ccccn23)CC(C)O1. The molecule has 2 unspecified atom stereocenters. The molecule has 2 atom stereocenters. The van der Waals surface area contributed by atoms with Crippen molar-refractivity contribution in [3.63, 3.8) is 0 Å². The average molecular weight is 303 g/mol. The zero-order valence-corrected chi connectivity index (χ0v) is 12.9. The molecule has 3 heterocycles. The first-order chi connectivity index (χ1) is 10.5. The second-order valence-corrected chi connectivity index (χ2v) is 5.96. The van der Waals surface area contributed by atoms with Gasteiger partial charge in [0.2, 0.25) is 0 Å². The minimum absolute atomic E-state index is 0.0491. The summed E-state index contributed by atoms with van der Waals surface area (Å²) in [5, 5.41) is 9.12. The van der Waals surface area contributed by atoms with Crippen molar-refractivity contribution >= 4 is 11.6 Å². The predicted octanol–water partition coefficient (Wildman–Crippen LogP) is 1.57. The van der Waals surface area contributed by atoms with Gasteiger partial charge in [0, 0.05) is 25.8 Å². The van der Waals surface area contributed by atoms with Gasteiger partial charge in [-0.25, -0.2) is 4.98 Å². The third-order valence-corrected chi connectivity index (χ3v) is 3.90. The molecule has 1 fully saturated rings. The number of rotatable bonds is 4. The lowest BCUT2D eigenvalue weighted by Gasteiger charge is -2.35. The Morgan fingerprint density at radius 3 is 2.77 bits per heavy atom. The van der Waals surface area contributed by atoms with Crippen molar-refractivity contribution in [2.75, 3.05) is 13.1 Å². The first-order valence-corrected chi connectivity index (χ1v) is 7.57. The van der Waals surface area contributed by atoms with Gasteiger partial charge in [-0.2, -0.15) is 0 Å². The number of hydrogen-bond acceptors (Lipinski definition) is 4. The summed E-state index contributed by atoms with van der Waals surface area (Å²) >= 11 is 0. The first-order valence-electron chi connectivity index (χ1n) is 7.57. The average Bonchev–Trinajstić information content (AvgIpc) is 2.75. The van der Waals surface area contributed by atoms with Gasteiger partial charge in [0.05, 0.1) is 30.0 Å². The van der Waals surface area contributed by atoms with Gasteiger partial charge in [0.15, 0.2) is 0 Å². The molecule has 0 bridgehead atoms. The number of carbonyl (C=O) groups is 1. The smallest absolute Gasteiger partial charge is 0.309 e. The van der Waals surface area contributed by atoms with E-state index in [-0.39, 0.29) is 18.6 Å². The molecule has 1 aliphatic rings. The lowest BCUT2D eigenvalue weighted by molar-refractivity contribution is -0.136. The molecule has 22 heavy (non-hydrogen) atoms. The third kappa shape index (κ3) is 3.13. The van der Waals surface area contributed by atoms with Crippen LogP contribution in [0, 0.1) is 0 Å². The third-order valence-electron chi connectivity index (χ3n) is 3.90. The van der Waals surface area contributed by atoms with E-state index in [2.05, 4.69) is 23.7 Å². The van der Waals surface area contributed by atoms with Gasteiger partial charge in [-0.1, -0.05) is 6.07 Å². The molecule has 6 nitrogen and oxygen atoms in total. The van der Waals surface area contributed by atoms with Crippen LogP contribution in [-0.2, 0) is 22.5 Å². The van der Waals surface area contributed by atoms with E-state index in [1.165, 1.54) is 0 Å². The number of aromatic nitrogens is 2. The summed E-state index contributed by atoms with van der Waals surface area (Å²) in [5.74, 6) is -0.853. The minimum Gasteiger partial charge on any atom is -0.481 e. The fourth-order valence-corrected chi connectivity index (χ4v) is 3.17. The highest BCUT2D eigenvalue weighted by atomic mass is 16.5. The Balaban J connectivity index is 1.92. The number of carboxylic acid groups (broad SMARTS) is 1. The Morgan fingerprint density at radius 1 is 1.36 bits per heavy atom. The van der Waals surface area contributed by atoms with E-state index >= 15 is 0 Å². The van der Waals surface area contributed by atoms with E-state index in [1.807, 2.05) is 28.8 Å². The zero-order chi connectivity index (χ0) is 15.7. The molecule has 0 aromatic carbocycles. The lowest BCUT2D eigenvalue weighted by atomic mass is 10.2. The number of morpholine rings is 1. The first kappa shape index (κ1) is 15.0. The highest BCUT2D eigenvalue weighted by Crippen LogP contribution is 2.19. The van der Waals surface area contributed by atoms with Crippen molar-refractivity contribution in [1.82, 2.24) is 14.3 Å². The molecule has 0 aliphatic carbocycles. The molecule has 0 saturated carbocycles. The predicted molar refractivity (Wildman–Crippen MR) is 81.8 cm³/mol. The molecule has 1 aliphatic heterocycles. The van der Waals surface area contributed by atoms with Crippen molar-refractivity contribution in [2.24, 2.45) is 0 Å². The Morgan fingerprint density at radius 2 is 2.09 bits per heavy atom. The second kappa shape index (κ2) is 6.06. The van der Waals surface area contributed by atoms with E-state index < -0.39 is 5.97 Å². The van der Waals surface area contributed by atoms with Crippen LogP contribution in [0.2, 0.25) is 0 Å². The maximum Gasteiger partial charge on any atom is 0.309 e. The zero-order valence-electron chi connectivity index (χ0n) is 12.9. The normalized spacial score (nSPS) is 23.0. The van der Waals surface area contributed by atoms with Crippen molar-refractivity contribution in [1.29, 1.82) is 0 Å². The number of aliphatic carboxylic acids is 1. The van der Waals surface area contributed by atoms with Crippen molar-refractivity contribution in [3.05, 3.63) is 35.8 Å². The standard InChI is InChI=1S/C16H21N3O3/c1-11-8-18(9-12(2)22-11)10-14-13(7-16(20)21)17-15-5-3-4-6-19(14)15/h3-6,11-12H,7-10H2,1-2H3,(H,20,21). The number of ether oxygens (including phenoxy) is 1. The number of fused-ring (bicyclic) bond motifs is 1. The Hall–Kier alpha value is -1.92. The monoisotopic (exact) mass is 303 g/mol. The molecular weight excluding hydrogens is 282 g/mol. The van der Waals surface area contributed by atoms with Gasteiger partial charge in [0.1, 0.15) is 5.65 Å². The van der Waals surface area contributed by atoms with Crippen LogP contribution >= 0.6 is 0 Å². The van der Waals surface area contributed by atoms with Gasteiger partial charge in [-0.3, -0.25) is 9.69 Å². The molecule has 0 amide bonds. The fraction of sp³-hybridized carbons (Fsp3) is 0.500. The minimum atomic E-state index is -0.853. The summed E-state index contributed by atoms with van der Waals surface area (Å²) in [6, 6.07) is 5.75. The van der Waals surface area contributed by atoms with Crippen LogP contribution in [0.25, 0.3) is 5.65 Å². The number of carboxylic acids is 1. The van der Waals surface area contributed by atoms with Crippen molar-refractivity contribution in [2.45, 2.75) is 39.0 Å². The Labute approximate surface area is 129 Å². The highest BCUT2D eigenvalue weighted by Gasteiger charge is 2.24. The Bertz CT molecular complexity index is 672. The fourth-order valence-electron chi connectivity index (χ4n) is 3.17. The molecule has 3 rings (SSSR count). The quantitative estimate of drug-likeness (QED) is 0.928. The van der Waals surface area contributed by atoms with Gasteiger partial charge in [-0.05, 0) is 26.0 Å². The second-order valence-electron chi connectivity index (χ2n) is 5.96. The number of imidazole rings is 1. The van der Waals surface area contributed by atoms with Crippen LogP contribution < -0.4 is 0 Å². The summed E-state index contributed by atoms with van der Waals surface area (Å²) in [6.45, 7) is 6.50. The molecule has 0 radical (unpaired) electrons. The molecule has 118 valence electrons. The van der Waals surface area contributed by atoms with Crippen LogP contribution in [0.1, 0.15) is 25.2 Å². The van der Waals surface area contributed by atoms with Crippen molar-refractivity contribution < 1.29 is 14.6 Å². The summed E-state index contributed by atoms with van der Waals surface area (Å²) in [5.41, 5.74) is 2.40. The maximum atomic E-state index is 11.1. The maximum absolute atomic E-state index is 11.1. The summed E-state index contributed by atoms with van der Waals surface area (Å²) in [4.78, 5) is 17.9. The van der Waals surface area contributed by atoms with E-state index in [4.69, 9.17) is 9.84 Å². The molecule has 1 N–H and O–H groups in total. The van der Waals surface area contributed by atoms with E-state index in [0.29, 0.717) is 12.2 Å². The van der Waals surface area contributed by atoms with Crippen LogP contribution in [0.15, 0.2) is 24.4 Å². The molecule has 1 saturated heterocycles. The van der Waals surface area contributed by atoms with Crippen molar-refractivity contribution in [3.8, 4) is 0 Å². The van der Waals surface area contributed by atoms with Crippen LogP contribution in [0.5, 0.6) is 0 Å². The molecule has 2 aromatic rings. The summed E-state index contributed by atoms with van der Waals surface area (Å²) in [7, 11) is 0. The number of pyridine rings is 1. The van der Waals surface area contributed by atoms with E-state index in [0.717, 1.165) is 24.4 Å². The van der Waals surface area contributed by atoms with Gasteiger partial charge < -0.3 is 14.2 Å². The molecule has 6 heteroatoms. The van der Waals surface area contributed by atoms with Gasteiger partial charge in [0.25, 0.3) is 0 Å². The molecule has 2 aromatic heterocycles. The molecular formula is C16H21N3O3.